The molecule has 0 bridgehead atoms. The molecule has 26 heavy (non-hydrogen) atoms. The summed E-state index contributed by atoms with van der Waals surface area (Å²) in [6.45, 7) is 2.63. The van der Waals surface area contributed by atoms with E-state index in [1.807, 2.05) is 25.1 Å². The summed E-state index contributed by atoms with van der Waals surface area (Å²) < 4.78 is 42.0. The lowest BCUT2D eigenvalue weighted by Gasteiger charge is -2.11. The fourth-order valence-corrected chi connectivity index (χ4v) is 2.46. The molecule has 2 heterocycles. The average Bonchev–Trinajstić information content (AvgIpc) is 2.62. The molecule has 0 aromatic carbocycles. The number of ether oxygens (including phenoxy) is 1. The standard InChI is InChI=1S/C20H23F3N2O/c1-13(2)16-6-8-18(24-11-16)15(10-21)5-4-14(3)17-7-9-19(25-12-17)26-20(22)23/h5-9,11-14,20H,4,10H2,1-3H3/b15-5+. The van der Waals surface area contributed by atoms with Gasteiger partial charge in [0.2, 0.25) is 5.88 Å². The second-order valence-electron chi connectivity index (χ2n) is 6.44. The monoisotopic (exact) mass is 364 g/mol. The SMILES string of the molecule is CC(C)c1ccc(/C(=C/CC(C)c2ccc(OC(F)F)nc2)CF)nc1. The van der Waals surface area contributed by atoms with Crippen LogP contribution < -0.4 is 4.74 Å². The Morgan fingerprint density at radius 3 is 2.23 bits per heavy atom. The summed E-state index contributed by atoms with van der Waals surface area (Å²) >= 11 is 0. The van der Waals surface area contributed by atoms with Crippen molar-refractivity contribution in [1.82, 2.24) is 9.97 Å². The molecule has 6 heteroatoms. The molecule has 1 atom stereocenters. The largest absolute Gasteiger partial charge is 0.417 e. The summed E-state index contributed by atoms with van der Waals surface area (Å²) in [6, 6.07) is 6.90. The quantitative estimate of drug-likeness (QED) is 0.598. The fraction of sp³-hybridized carbons (Fsp3) is 0.400. The molecule has 0 fully saturated rings. The third-order valence-electron chi connectivity index (χ3n) is 4.18. The smallest absolute Gasteiger partial charge is 0.388 e. The highest BCUT2D eigenvalue weighted by atomic mass is 19.3. The molecule has 0 saturated carbocycles. The van der Waals surface area contributed by atoms with E-state index in [0.717, 1.165) is 11.1 Å². The fourth-order valence-electron chi connectivity index (χ4n) is 2.46. The number of halogens is 3. The van der Waals surface area contributed by atoms with Gasteiger partial charge in [0.1, 0.15) is 6.67 Å². The first-order chi connectivity index (χ1) is 12.4. The van der Waals surface area contributed by atoms with Gasteiger partial charge in [0.05, 0.1) is 5.69 Å². The van der Waals surface area contributed by atoms with Crippen LogP contribution in [0.5, 0.6) is 5.88 Å². The predicted molar refractivity (Wildman–Crippen MR) is 96.2 cm³/mol. The normalized spacial score (nSPS) is 13.3. The van der Waals surface area contributed by atoms with Crippen molar-refractivity contribution in [2.45, 2.75) is 45.6 Å². The molecule has 1 unspecified atom stereocenters. The Kier molecular flexibility index (Phi) is 7.18. The summed E-state index contributed by atoms with van der Waals surface area (Å²) in [5, 5.41) is 0. The first-order valence-electron chi connectivity index (χ1n) is 8.52. The van der Waals surface area contributed by atoms with E-state index in [9.17, 15) is 13.2 Å². The summed E-state index contributed by atoms with van der Waals surface area (Å²) in [4.78, 5) is 8.21. The molecule has 0 saturated heterocycles. The van der Waals surface area contributed by atoms with Crippen LogP contribution in [-0.2, 0) is 0 Å². The van der Waals surface area contributed by atoms with Crippen LogP contribution in [0.1, 0.15) is 55.8 Å². The Hall–Kier alpha value is -2.37. The molecule has 0 radical (unpaired) electrons. The summed E-state index contributed by atoms with van der Waals surface area (Å²) in [5.41, 5.74) is 3.14. The van der Waals surface area contributed by atoms with Gasteiger partial charge in [-0.3, -0.25) is 4.98 Å². The molecule has 2 aromatic heterocycles. The van der Waals surface area contributed by atoms with Gasteiger partial charge in [0.25, 0.3) is 0 Å². The minimum absolute atomic E-state index is 0.0552. The van der Waals surface area contributed by atoms with Gasteiger partial charge in [0, 0.05) is 24.0 Å². The maximum atomic E-state index is 13.4. The minimum atomic E-state index is -2.89. The zero-order valence-electron chi connectivity index (χ0n) is 15.1. The number of nitrogens with zero attached hydrogens (tertiary/aromatic N) is 2. The molecule has 3 nitrogen and oxygen atoms in total. The van der Waals surface area contributed by atoms with Crippen molar-refractivity contribution in [1.29, 1.82) is 0 Å². The molecule has 0 N–H and O–H groups in total. The van der Waals surface area contributed by atoms with Crippen molar-refractivity contribution in [3.05, 3.63) is 59.6 Å². The van der Waals surface area contributed by atoms with Gasteiger partial charge < -0.3 is 4.74 Å². The molecule has 2 rings (SSSR count). The Morgan fingerprint density at radius 1 is 1.04 bits per heavy atom. The Balaban J connectivity index is 2.05. The van der Waals surface area contributed by atoms with Gasteiger partial charge in [-0.2, -0.15) is 8.78 Å². The maximum absolute atomic E-state index is 13.4. The summed E-state index contributed by atoms with van der Waals surface area (Å²) in [5.74, 6) is 0.309. The Morgan fingerprint density at radius 2 is 1.73 bits per heavy atom. The number of hydrogen-bond donors (Lipinski definition) is 0. The van der Waals surface area contributed by atoms with Crippen LogP contribution >= 0.6 is 0 Å². The Labute approximate surface area is 151 Å². The van der Waals surface area contributed by atoms with Gasteiger partial charge >= 0.3 is 6.61 Å². The predicted octanol–water partition coefficient (Wildman–Crippen LogP) is 5.75. The molecule has 0 spiro atoms. The van der Waals surface area contributed by atoms with E-state index in [0.29, 0.717) is 23.6 Å². The third kappa shape index (κ3) is 5.58. The van der Waals surface area contributed by atoms with Crippen molar-refractivity contribution in [2.75, 3.05) is 6.67 Å². The van der Waals surface area contributed by atoms with Gasteiger partial charge in [-0.25, -0.2) is 9.37 Å². The van der Waals surface area contributed by atoms with E-state index >= 15 is 0 Å². The first-order valence-corrected chi connectivity index (χ1v) is 8.52. The van der Waals surface area contributed by atoms with Crippen molar-refractivity contribution < 1.29 is 17.9 Å². The van der Waals surface area contributed by atoms with E-state index in [1.165, 1.54) is 12.3 Å². The number of alkyl halides is 3. The van der Waals surface area contributed by atoms with Crippen molar-refractivity contribution >= 4 is 5.57 Å². The second-order valence-corrected chi connectivity index (χ2v) is 6.44. The van der Waals surface area contributed by atoms with E-state index in [-0.39, 0.29) is 11.8 Å². The molecule has 140 valence electrons. The Bertz CT molecular complexity index is 713. The van der Waals surface area contributed by atoms with E-state index in [2.05, 4.69) is 28.6 Å². The molecular formula is C20H23F3N2O. The van der Waals surface area contributed by atoms with Crippen molar-refractivity contribution in [2.24, 2.45) is 0 Å². The van der Waals surface area contributed by atoms with Crippen LogP contribution in [0.2, 0.25) is 0 Å². The lowest BCUT2D eigenvalue weighted by atomic mass is 9.97. The van der Waals surface area contributed by atoms with Crippen LogP contribution in [0.15, 0.2) is 42.7 Å². The van der Waals surface area contributed by atoms with Gasteiger partial charge in [-0.05, 0) is 35.4 Å². The zero-order chi connectivity index (χ0) is 19.1. The zero-order valence-corrected chi connectivity index (χ0v) is 15.1. The van der Waals surface area contributed by atoms with Gasteiger partial charge in [0.15, 0.2) is 0 Å². The van der Waals surface area contributed by atoms with Gasteiger partial charge in [-0.1, -0.05) is 39.0 Å². The van der Waals surface area contributed by atoms with Crippen LogP contribution in [0.3, 0.4) is 0 Å². The highest BCUT2D eigenvalue weighted by molar-refractivity contribution is 5.63. The molecule has 0 aliphatic carbocycles. The molecular weight excluding hydrogens is 341 g/mol. The summed E-state index contributed by atoms with van der Waals surface area (Å²) in [7, 11) is 0. The van der Waals surface area contributed by atoms with Crippen molar-refractivity contribution in [3.63, 3.8) is 0 Å². The number of pyridine rings is 2. The lowest BCUT2D eigenvalue weighted by molar-refractivity contribution is -0.0528. The van der Waals surface area contributed by atoms with E-state index < -0.39 is 13.3 Å². The number of aromatic nitrogens is 2. The second kappa shape index (κ2) is 9.36. The third-order valence-corrected chi connectivity index (χ3v) is 4.18. The highest BCUT2D eigenvalue weighted by Gasteiger charge is 2.10. The topological polar surface area (TPSA) is 35.0 Å². The van der Waals surface area contributed by atoms with Crippen molar-refractivity contribution in [3.8, 4) is 5.88 Å². The number of rotatable bonds is 8. The summed E-state index contributed by atoms with van der Waals surface area (Å²) in [6.07, 6.45) is 5.69. The first kappa shape index (κ1) is 19.9. The average molecular weight is 364 g/mol. The highest BCUT2D eigenvalue weighted by Crippen LogP contribution is 2.24. The maximum Gasteiger partial charge on any atom is 0.388 e. The molecule has 0 amide bonds. The van der Waals surface area contributed by atoms with Crippen LogP contribution in [0, 0.1) is 0 Å². The lowest BCUT2D eigenvalue weighted by Crippen LogP contribution is -2.04. The van der Waals surface area contributed by atoms with Crippen LogP contribution in [-0.4, -0.2) is 23.3 Å². The molecule has 2 aromatic rings. The number of hydrogen-bond acceptors (Lipinski definition) is 3. The van der Waals surface area contributed by atoms with Crippen LogP contribution in [0.4, 0.5) is 13.2 Å². The van der Waals surface area contributed by atoms with E-state index in [4.69, 9.17) is 0 Å². The number of allylic oxidation sites excluding steroid dienone is 2. The minimum Gasteiger partial charge on any atom is -0.417 e. The van der Waals surface area contributed by atoms with E-state index in [1.54, 1.807) is 12.3 Å². The molecule has 0 aliphatic heterocycles. The van der Waals surface area contributed by atoms with Gasteiger partial charge in [-0.15, -0.1) is 0 Å². The molecule has 0 aliphatic rings. The van der Waals surface area contributed by atoms with Crippen LogP contribution in [0.25, 0.3) is 5.57 Å².